The number of amides is 1. The third-order valence-corrected chi connectivity index (χ3v) is 4.11. The number of nitrogens with zero attached hydrogens (tertiary/aromatic N) is 2. The molecule has 0 bridgehead atoms. The van der Waals surface area contributed by atoms with E-state index in [1.807, 2.05) is 19.1 Å². The molecule has 19 heavy (non-hydrogen) atoms. The monoisotopic (exact) mass is 259 g/mol. The van der Waals surface area contributed by atoms with Gasteiger partial charge in [-0.05, 0) is 39.0 Å². The Kier molecular flexibility index (Phi) is 3.96. The van der Waals surface area contributed by atoms with E-state index in [0.29, 0.717) is 6.67 Å². The fraction of sp³-hybridized carbons (Fsp3) is 0.533. The molecule has 2 heterocycles. The highest BCUT2D eigenvalue weighted by molar-refractivity contribution is 5.89. The summed E-state index contributed by atoms with van der Waals surface area (Å²) in [6.07, 6.45) is 12.6. The molecule has 2 saturated heterocycles. The Morgan fingerprint density at radius 1 is 1.47 bits per heavy atom. The van der Waals surface area contributed by atoms with Gasteiger partial charge >= 0.3 is 0 Å². The highest BCUT2D eigenvalue weighted by Crippen LogP contribution is 2.35. The molecule has 2 fully saturated rings. The topological polar surface area (TPSA) is 35.6 Å². The lowest BCUT2D eigenvalue weighted by Gasteiger charge is -2.42. The minimum absolute atomic E-state index is 0.147. The van der Waals surface area contributed by atoms with E-state index >= 15 is 0 Å². The van der Waals surface area contributed by atoms with E-state index in [4.69, 9.17) is 6.42 Å². The number of allylic oxidation sites excluding steroid dienone is 3. The van der Waals surface area contributed by atoms with Crippen LogP contribution in [0.25, 0.3) is 0 Å². The van der Waals surface area contributed by atoms with Gasteiger partial charge in [-0.15, -0.1) is 6.42 Å². The summed E-state index contributed by atoms with van der Waals surface area (Å²) in [6, 6.07) is 0. The van der Waals surface area contributed by atoms with Crippen LogP contribution in [0.3, 0.4) is 0 Å². The Balaban J connectivity index is 2.27. The third-order valence-electron chi connectivity index (χ3n) is 4.11. The van der Waals surface area contributed by atoms with Crippen LogP contribution in [-0.4, -0.2) is 48.1 Å². The first kappa shape index (κ1) is 13.7. The molecule has 0 saturated carbocycles. The van der Waals surface area contributed by atoms with Crippen molar-refractivity contribution in [2.24, 2.45) is 0 Å². The summed E-state index contributed by atoms with van der Waals surface area (Å²) < 4.78 is 0. The van der Waals surface area contributed by atoms with E-state index in [1.54, 1.807) is 6.08 Å². The average molecular weight is 259 g/mol. The molecule has 0 aromatic heterocycles. The average Bonchev–Trinajstić information content (AvgIpc) is 2.73. The predicted octanol–water partition coefficient (Wildman–Crippen LogP) is 0.933. The van der Waals surface area contributed by atoms with Crippen LogP contribution in [-0.2, 0) is 4.79 Å². The van der Waals surface area contributed by atoms with E-state index in [0.717, 1.165) is 31.6 Å². The molecule has 0 atom stereocenters. The largest absolute Gasteiger partial charge is 0.339 e. The predicted molar refractivity (Wildman–Crippen MR) is 76.0 cm³/mol. The maximum Gasteiger partial charge on any atom is 0.247 e. The molecule has 0 aromatic carbocycles. The molecule has 2 rings (SSSR count). The van der Waals surface area contributed by atoms with Crippen LogP contribution in [0, 0.1) is 12.3 Å². The van der Waals surface area contributed by atoms with Crippen molar-refractivity contribution in [1.82, 2.24) is 15.1 Å². The first-order chi connectivity index (χ1) is 9.14. The van der Waals surface area contributed by atoms with E-state index in [1.165, 1.54) is 0 Å². The van der Waals surface area contributed by atoms with Crippen LogP contribution in [0.2, 0.25) is 0 Å². The second kappa shape index (κ2) is 5.50. The van der Waals surface area contributed by atoms with Gasteiger partial charge in [0.1, 0.15) is 5.54 Å². The summed E-state index contributed by atoms with van der Waals surface area (Å²) in [7, 11) is 2.10. The molecule has 0 aromatic rings. The molecule has 1 amide bonds. The van der Waals surface area contributed by atoms with Gasteiger partial charge in [-0.3, -0.25) is 4.79 Å². The van der Waals surface area contributed by atoms with Gasteiger partial charge in [0.15, 0.2) is 0 Å². The van der Waals surface area contributed by atoms with E-state index in [2.05, 4.69) is 28.1 Å². The second-order valence-electron chi connectivity index (χ2n) is 5.14. The summed E-state index contributed by atoms with van der Waals surface area (Å²) in [4.78, 5) is 16.7. The fourth-order valence-corrected chi connectivity index (χ4v) is 2.89. The summed E-state index contributed by atoms with van der Waals surface area (Å²) in [5, 5.41) is 2.98. The zero-order chi connectivity index (χ0) is 13.9. The highest BCUT2D eigenvalue weighted by atomic mass is 16.2. The summed E-state index contributed by atoms with van der Waals surface area (Å²) in [6.45, 7) is 4.43. The lowest BCUT2D eigenvalue weighted by atomic mass is 9.86. The van der Waals surface area contributed by atoms with Crippen molar-refractivity contribution in [3.8, 4) is 12.3 Å². The van der Waals surface area contributed by atoms with Crippen molar-refractivity contribution in [2.75, 3.05) is 26.8 Å². The van der Waals surface area contributed by atoms with Gasteiger partial charge in [-0.1, -0.05) is 12.0 Å². The van der Waals surface area contributed by atoms with Gasteiger partial charge in [0.2, 0.25) is 5.91 Å². The molecule has 2 aliphatic rings. The van der Waals surface area contributed by atoms with Crippen LogP contribution in [0.5, 0.6) is 0 Å². The summed E-state index contributed by atoms with van der Waals surface area (Å²) >= 11 is 0. The lowest BCUT2D eigenvalue weighted by Crippen LogP contribution is -2.54. The van der Waals surface area contributed by atoms with Gasteiger partial charge in [-0.25, -0.2) is 0 Å². The number of carbonyl (C=O) groups is 1. The van der Waals surface area contributed by atoms with Gasteiger partial charge < -0.3 is 15.1 Å². The van der Waals surface area contributed by atoms with Gasteiger partial charge in [0.25, 0.3) is 0 Å². The first-order valence-corrected chi connectivity index (χ1v) is 6.67. The normalized spacial score (nSPS) is 23.9. The molecular formula is C15H21N3O. The van der Waals surface area contributed by atoms with E-state index in [-0.39, 0.29) is 5.91 Å². The Hall–Kier alpha value is -1.73. The van der Waals surface area contributed by atoms with Crippen LogP contribution >= 0.6 is 0 Å². The molecule has 0 radical (unpaired) electrons. The molecule has 1 N–H and O–H groups in total. The zero-order valence-electron chi connectivity index (χ0n) is 11.6. The van der Waals surface area contributed by atoms with Crippen LogP contribution < -0.4 is 5.32 Å². The molecular weight excluding hydrogens is 238 g/mol. The highest BCUT2D eigenvalue weighted by Gasteiger charge is 2.49. The summed E-state index contributed by atoms with van der Waals surface area (Å²) in [5.41, 5.74) is 0.619. The molecule has 0 unspecified atom stereocenters. The number of piperidine rings is 1. The SMILES string of the molecule is C#C/C=C\C(=C/C)N1CNC(=O)C12CCN(C)CC2. The zero-order valence-corrected chi connectivity index (χ0v) is 11.6. The second-order valence-corrected chi connectivity index (χ2v) is 5.14. The fourth-order valence-electron chi connectivity index (χ4n) is 2.89. The van der Waals surface area contributed by atoms with Gasteiger partial charge in [0, 0.05) is 18.8 Å². The molecule has 4 heteroatoms. The van der Waals surface area contributed by atoms with E-state index < -0.39 is 5.54 Å². The molecule has 102 valence electrons. The van der Waals surface area contributed by atoms with Crippen molar-refractivity contribution in [3.63, 3.8) is 0 Å². The van der Waals surface area contributed by atoms with Crippen molar-refractivity contribution in [1.29, 1.82) is 0 Å². The van der Waals surface area contributed by atoms with Crippen molar-refractivity contribution in [2.45, 2.75) is 25.3 Å². The Labute approximate surface area is 115 Å². The minimum Gasteiger partial charge on any atom is -0.339 e. The molecule has 2 aliphatic heterocycles. The Morgan fingerprint density at radius 2 is 2.16 bits per heavy atom. The quantitative estimate of drug-likeness (QED) is 0.592. The van der Waals surface area contributed by atoms with Crippen molar-refractivity contribution in [3.05, 3.63) is 23.9 Å². The first-order valence-electron chi connectivity index (χ1n) is 6.67. The third kappa shape index (κ3) is 2.39. The van der Waals surface area contributed by atoms with E-state index in [9.17, 15) is 4.79 Å². The smallest absolute Gasteiger partial charge is 0.247 e. The minimum atomic E-state index is -0.396. The number of hydrogen-bond acceptors (Lipinski definition) is 3. The van der Waals surface area contributed by atoms with Crippen LogP contribution in [0.4, 0.5) is 0 Å². The number of nitrogens with one attached hydrogen (secondary N) is 1. The number of rotatable bonds is 2. The maximum atomic E-state index is 12.3. The summed E-state index contributed by atoms with van der Waals surface area (Å²) in [5.74, 6) is 2.65. The Morgan fingerprint density at radius 3 is 2.74 bits per heavy atom. The van der Waals surface area contributed by atoms with Crippen LogP contribution in [0.15, 0.2) is 23.9 Å². The van der Waals surface area contributed by atoms with Crippen LogP contribution in [0.1, 0.15) is 19.8 Å². The van der Waals surface area contributed by atoms with Gasteiger partial charge in [-0.2, -0.15) is 0 Å². The standard InChI is InChI=1S/C15H21N3O/c1-4-6-7-13(5-2)18-12-16-14(19)15(18)8-10-17(3)11-9-15/h1,5-7H,8-12H2,2-3H3,(H,16,19)/b7-6-,13-5+. The number of hydrogen-bond donors (Lipinski definition) is 1. The molecule has 1 spiro atoms. The molecule has 0 aliphatic carbocycles. The number of carbonyl (C=O) groups excluding carboxylic acids is 1. The number of likely N-dealkylation sites (tertiary alicyclic amines) is 1. The number of terminal acetylenes is 1. The Bertz CT molecular complexity index is 451. The van der Waals surface area contributed by atoms with Crippen molar-refractivity contribution >= 4 is 5.91 Å². The lowest BCUT2D eigenvalue weighted by molar-refractivity contribution is -0.128. The molecule has 4 nitrogen and oxygen atoms in total. The van der Waals surface area contributed by atoms with Crippen molar-refractivity contribution < 1.29 is 4.79 Å². The van der Waals surface area contributed by atoms with Gasteiger partial charge in [0.05, 0.1) is 6.67 Å². The maximum absolute atomic E-state index is 12.3.